The second-order valence-corrected chi connectivity index (χ2v) is 12.2. The van der Waals surface area contributed by atoms with Crippen molar-refractivity contribution in [3.05, 3.63) is 46.8 Å². The van der Waals surface area contributed by atoms with Gasteiger partial charge in [-0.15, -0.1) is 11.3 Å². The van der Waals surface area contributed by atoms with Crippen molar-refractivity contribution in [2.45, 2.75) is 36.0 Å². The van der Waals surface area contributed by atoms with Crippen molar-refractivity contribution in [2.24, 2.45) is 0 Å². The van der Waals surface area contributed by atoms with Crippen LogP contribution < -0.4 is 10.6 Å². The van der Waals surface area contributed by atoms with Gasteiger partial charge in [0.25, 0.3) is 10.0 Å². The van der Waals surface area contributed by atoms with Crippen LogP contribution >= 0.6 is 11.3 Å². The number of carbonyl (C=O) groups is 1. The van der Waals surface area contributed by atoms with Crippen LogP contribution in [0.5, 0.6) is 0 Å². The number of urea groups is 1. The molecular weight excluding hydrogens is 460 g/mol. The van der Waals surface area contributed by atoms with Crippen molar-refractivity contribution in [1.82, 2.24) is 19.2 Å². The van der Waals surface area contributed by atoms with Crippen LogP contribution in [0.2, 0.25) is 0 Å². The third-order valence-corrected chi connectivity index (χ3v) is 10.0. The largest absolute Gasteiger partial charge is 0.334 e. The van der Waals surface area contributed by atoms with Gasteiger partial charge in [0.2, 0.25) is 10.0 Å². The molecule has 0 fully saturated rings. The molecule has 0 bridgehead atoms. The predicted octanol–water partition coefficient (Wildman–Crippen LogP) is 2.03. The minimum atomic E-state index is -3.63. The summed E-state index contributed by atoms with van der Waals surface area (Å²) in [7, 11) is -4.27. The van der Waals surface area contributed by atoms with Gasteiger partial charge in [0, 0.05) is 38.6 Å². The van der Waals surface area contributed by atoms with E-state index >= 15 is 0 Å². The molecule has 1 heterocycles. The van der Waals surface area contributed by atoms with E-state index in [1.807, 2.05) is 0 Å². The second kappa shape index (κ2) is 10.6. The summed E-state index contributed by atoms with van der Waals surface area (Å²) >= 11 is 1.11. The van der Waals surface area contributed by atoms with E-state index in [4.69, 9.17) is 0 Å². The molecule has 2 amide bonds. The summed E-state index contributed by atoms with van der Waals surface area (Å²) in [6.45, 7) is 4.52. The third kappa shape index (κ3) is 6.04. The lowest BCUT2D eigenvalue weighted by molar-refractivity contribution is 0.240. The summed E-state index contributed by atoms with van der Waals surface area (Å²) in [6, 6.07) is 9.18. The standard InChI is InChI=1S/C19H28N4O5S3/c1-5-23(6-2)31(27,28)18-12-11-16(29-18)14-21-19(24)20-13-15-9-7-8-10-17(15)30(25,26)22(3)4/h7-12H,5-6,13-14H2,1-4H3,(H2,20,21,24). The number of hydrogen-bond acceptors (Lipinski definition) is 6. The van der Waals surface area contributed by atoms with Crippen molar-refractivity contribution in [3.8, 4) is 0 Å². The molecule has 1 aromatic heterocycles. The molecule has 0 radical (unpaired) electrons. The average Bonchev–Trinajstić information content (AvgIpc) is 3.21. The first-order valence-corrected chi connectivity index (χ1v) is 13.3. The minimum absolute atomic E-state index is 0.0289. The Morgan fingerprint density at radius 3 is 2.13 bits per heavy atom. The maximum absolute atomic E-state index is 12.6. The van der Waals surface area contributed by atoms with E-state index in [0.717, 1.165) is 15.6 Å². The van der Waals surface area contributed by atoms with Gasteiger partial charge < -0.3 is 10.6 Å². The number of rotatable bonds is 10. The zero-order valence-corrected chi connectivity index (χ0v) is 20.4. The lowest BCUT2D eigenvalue weighted by Gasteiger charge is -2.16. The number of carbonyl (C=O) groups excluding carboxylic acids is 1. The van der Waals surface area contributed by atoms with Gasteiger partial charge in [0.05, 0.1) is 11.4 Å². The second-order valence-electron chi connectivity index (χ2n) is 6.74. The van der Waals surface area contributed by atoms with Gasteiger partial charge in [-0.1, -0.05) is 32.0 Å². The summed E-state index contributed by atoms with van der Waals surface area (Å²) in [4.78, 5) is 13.0. The van der Waals surface area contributed by atoms with Crippen molar-refractivity contribution in [2.75, 3.05) is 27.2 Å². The molecule has 0 saturated carbocycles. The average molecular weight is 489 g/mol. The normalized spacial score (nSPS) is 12.3. The summed E-state index contributed by atoms with van der Waals surface area (Å²) in [5, 5.41) is 5.30. The van der Waals surface area contributed by atoms with E-state index in [9.17, 15) is 21.6 Å². The van der Waals surface area contributed by atoms with E-state index in [-0.39, 0.29) is 22.2 Å². The fourth-order valence-corrected chi connectivity index (χ4v) is 6.81. The number of hydrogen-bond donors (Lipinski definition) is 2. The molecular formula is C19H28N4O5S3. The first-order chi connectivity index (χ1) is 14.5. The van der Waals surface area contributed by atoms with Crippen molar-refractivity contribution < 1.29 is 21.6 Å². The predicted molar refractivity (Wildman–Crippen MR) is 121 cm³/mol. The molecule has 31 heavy (non-hydrogen) atoms. The van der Waals surface area contributed by atoms with Crippen molar-refractivity contribution >= 4 is 37.4 Å². The Hall–Kier alpha value is -1.99. The summed E-state index contributed by atoms with van der Waals surface area (Å²) < 4.78 is 52.7. The zero-order chi connectivity index (χ0) is 23.2. The van der Waals surface area contributed by atoms with Crippen LogP contribution in [-0.4, -0.2) is 58.7 Å². The molecule has 0 saturated heterocycles. The van der Waals surface area contributed by atoms with Gasteiger partial charge in [-0.2, -0.15) is 4.31 Å². The maximum Gasteiger partial charge on any atom is 0.315 e. The van der Waals surface area contributed by atoms with E-state index in [0.29, 0.717) is 23.5 Å². The number of benzene rings is 1. The smallest absolute Gasteiger partial charge is 0.315 e. The van der Waals surface area contributed by atoms with Crippen LogP contribution in [-0.2, 0) is 33.1 Å². The van der Waals surface area contributed by atoms with Gasteiger partial charge in [-0.3, -0.25) is 0 Å². The minimum Gasteiger partial charge on any atom is -0.334 e. The highest BCUT2D eigenvalue weighted by molar-refractivity contribution is 7.91. The van der Waals surface area contributed by atoms with Crippen LogP contribution in [0.15, 0.2) is 45.5 Å². The highest BCUT2D eigenvalue weighted by Gasteiger charge is 2.24. The monoisotopic (exact) mass is 488 g/mol. The van der Waals surface area contributed by atoms with Crippen molar-refractivity contribution in [3.63, 3.8) is 0 Å². The Morgan fingerprint density at radius 1 is 0.903 bits per heavy atom. The number of thiophene rings is 1. The van der Waals surface area contributed by atoms with Gasteiger partial charge in [-0.25, -0.2) is 25.9 Å². The number of nitrogens with zero attached hydrogens (tertiary/aromatic N) is 2. The van der Waals surface area contributed by atoms with E-state index in [1.165, 1.54) is 30.5 Å². The molecule has 12 heteroatoms. The van der Waals surface area contributed by atoms with Crippen LogP contribution in [0.4, 0.5) is 4.79 Å². The molecule has 0 unspecified atom stereocenters. The molecule has 2 N–H and O–H groups in total. The van der Waals surface area contributed by atoms with Crippen molar-refractivity contribution in [1.29, 1.82) is 0 Å². The number of amides is 2. The molecule has 0 atom stereocenters. The summed E-state index contributed by atoms with van der Waals surface area (Å²) in [5.41, 5.74) is 0.468. The lowest BCUT2D eigenvalue weighted by atomic mass is 10.2. The Kier molecular flexibility index (Phi) is 8.60. The van der Waals surface area contributed by atoms with Crippen LogP contribution in [0.25, 0.3) is 0 Å². The Bertz CT molecular complexity index is 1110. The SMILES string of the molecule is CCN(CC)S(=O)(=O)c1ccc(CNC(=O)NCc2ccccc2S(=O)(=O)N(C)C)s1. The van der Waals surface area contributed by atoms with E-state index in [1.54, 1.807) is 38.1 Å². The number of sulfonamides is 2. The Labute approximate surface area is 188 Å². The lowest BCUT2D eigenvalue weighted by Crippen LogP contribution is -2.35. The highest BCUT2D eigenvalue weighted by Crippen LogP contribution is 2.25. The van der Waals surface area contributed by atoms with E-state index in [2.05, 4.69) is 10.6 Å². The molecule has 0 aliphatic rings. The van der Waals surface area contributed by atoms with Crippen LogP contribution in [0, 0.1) is 0 Å². The first-order valence-electron chi connectivity index (χ1n) is 9.65. The van der Waals surface area contributed by atoms with Gasteiger partial charge in [-0.05, 0) is 23.8 Å². The van der Waals surface area contributed by atoms with E-state index < -0.39 is 26.1 Å². The molecule has 9 nitrogen and oxygen atoms in total. The molecule has 2 rings (SSSR count). The third-order valence-electron chi connectivity index (χ3n) is 4.53. The molecule has 2 aromatic rings. The van der Waals surface area contributed by atoms with Gasteiger partial charge in [0.1, 0.15) is 4.21 Å². The summed E-state index contributed by atoms with van der Waals surface area (Å²) in [6.07, 6.45) is 0. The Balaban J connectivity index is 1.99. The Morgan fingerprint density at radius 2 is 1.52 bits per heavy atom. The first kappa shape index (κ1) is 25.3. The van der Waals surface area contributed by atoms with Crippen LogP contribution in [0.1, 0.15) is 24.3 Å². The maximum atomic E-state index is 12.6. The summed E-state index contributed by atoms with van der Waals surface area (Å²) in [5.74, 6) is 0. The number of nitrogens with one attached hydrogen (secondary N) is 2. The van der Waals surface area contributed by atoms with Crippen LogP contribution in [0.3, 0.4) is 0 Å². The highest BCUT2D eigenvalue weighted by atomic mass is 32.2. The molecule has 0 aliphatic carbocycles. The molecule has 172 valence electrons. The van der Waals surface area contributed by atoms with Gasteiger partial charge in [0.15, 0.2) is 0 Å². The molecule has 0 aliphatic heterocycles. The molecule has 1 aromatic carbocycles. The quantitative estimate of drug-likeness (QED) is 0.531. The fourth-order valence-electron chi connectivity index (χ4n) is 2.79. The van der Waals surface area contributed by atoms with Gasteiger partial charge >= 0.3 is 6.03 Å². The molecule has 0 spiro atoms. The topological polar surface area (TPSA) is 116 Å². The zero-order valence-electron chi connectivity index (χ0n) is 18.0. The fraction of sp³-hybridized carbons (Fsp3) is 0.421.